The van der Waals surface area contributed by atoms with Crippen molar-refractivity contribution in [3.05, 3.63) is 28.2 Å². The monoisotopic (exact) mass is 358 g/mol. The van der Waals surface area contributed by atoms with Crippen LogP contribution < -0.4 is 10.2 Å². The average molecular weight is 359 g/mol. The van der Waals surface area contributed by atoms with Crippen LogP contribution in [0.5, 0.6) is 0 Å². The number of carbonyl (C=O) groups is 3. The summed E-state index contributed by atoms with van der Waals surface area (Å²) in [5.41, 5.74) is 0.564. The number of aliphatic carboxylic acids is 1. The number of nitrogens with zero attached hydrogens (tertiary/aromatic N) is 1. The average Bonchev–Trinajstić information content (AvgIpc) is 2.84. The van der Waals surface area contributed by atoms with Crippen LogP contribution in [0, 0.1) is 5.92 Å². The van der Waals surface area contributed by atoms with E-state index in [2.05, 4.69) is 5.32 Å². The minimum atomic E-state index is -0.903. The van der Waals surface area contributed by atoms with Crippen molar-refractivity contribution in [3.63, 3.8) is 0 Å². The molecule has 23 heavy (non-hydrogen) atoms. The van der Waals surface area contributed by atoms with E-state index in [0.717, 1.165) is 0 Å². The van der Waals surface area contributed by atoms with E-state index in [1.165, 1.54) is 4.90 Å². The Morgan fingerprint density at radius 2 is 1.91 bits per heavy atom. The molecule has 1 heterocycles. The van der Waals surface area contributed by atoms with Crippen LogP contribution in [0.15, 0.2) is 18.2 Å². The number of nitrogens with one attached hydrogen (secondary N) is 1. The fraction of sp³-hybridized carbons (Fsp3) is 0.400. The summed E-state index contributed by atoms with van der Waals surface area (Å²) in [7, 11) is 0. The molecule has 8 heteroatoms. The Morgan fingerprint density at radius 3 is 2.52 bits per heavy atom. The molecule has 1 aliphatic heterocycles. The zero-order valence-electron chi connectivity index (χ0n) is 12.2. The van der Waals surface area contributed by atoms with Crippen LogP contribution in [-0.2, 0) is 14.4 Å². The summed E-state index contributed by atoms with van der Waals surface area (Å²) >= 11 is 11.9. The minimum Gasteiger partial charge on any atom is -0.481 e. The van der Waals surface area contributed by atoms with Gasteiger partial charge in [-0.15, -0.1) is 0 Å². The van der Waals surface area contributed by atoms with Crippen molar-refractivity contribution < 1.29 is 19.5 Å². The molecule has 0 spiro atoms. The molecule has 0 aromatic heterocycles. The van der Waals surface area contributed by atoms with Crippen molar-refractivity contribution in [1.82, 2.24) is 5.32 Å². The Kier molecular flexibility index (Phi) is 5.85. The highest BCUT2D eigenvalue weighted by Gasteiger charge is 2.35. The Balaban J connectivity index is 1.94. The van der Waals surface area contributed by atoms with Crippen LogP contribution in [0.3, 0.4) is 0 Å². The summed E-state index contributed by atoms with van der Waals surface area (Å²) in [6.07, 6.45) is 0.460. The number of benzene rings is 1. The third-order valence-corrected chi connectivity index (χ3v) is 3.96. The highest BCUT2D eigenvalue weighted by molar-refractivity contribution is 6.35. The van der Waals surface area contributed by atoms with Crippen molar-refractivity contribution in [2.24, 2.45) is 5.92 Å². The van der Waals surface area contributed by atoms with Crippen LogP contribution in [0.1, 0.15) is 19.3 Å². The lowest BCUT2D eigenvalue weighted by atomic mass is 10.1. The highest BCUT2D eigenvalue weighted by atomic mass is 35.5. The van der Waals surface area contributed by atoms with E-state index in [9.17, 15) is 14.4 Å². The summed E-state index contributed by atoms with van der Waals surface area (Å²) in [6, 6.07) is 4.82. The van der Waals surface area contributed by atoms with Crippen molar-refractivity contribution in [1.29, 1.82) is 0 Å². The molecule has 0 bridgehead atoms. The maximum absolute atomic E-state index is 12.1. The van der Waals surface area contributed by atoms with Gasteiger partial charge in [0.1, 0.15) is 0 Å². The molecule has 2 amide bonds. The molecular formula is C15H16Cl2N2O4. The largest absolute Gasteiger partial charge is 0.481 e. The molecule has 2 N–H and O–H groups in total. The Hall–Kier alpha value is -1.79. The van der Waals surface area contributed by atoms with Crippen LogP contribution in [0.2, 0.25) is 10.0 Å². The molecule has 1 saturated heterocycles. The van der Waals surface area contributed by atoms with Crippen LogP contribution >= 0.6 is 23.2 Å². The normalized spacial score (nSPS) is 17.4. The van der Waals surface area contributed by atoms with Gasteiger partial charge in [0, 0.05) is 41.7 Å². The van der Waals surface area contributed by atoms with Gasteiger partial charge >= 0.3 is 5.97 Å². The highest BCUT2D eigenvalue weighted by Crippen LogP contribution is 2.30. The SMILES string of the molecule is O=C(O)CCCNC(=O)C1CC(=O)N(c2cc(Cl)cc(Cl)c2)C1. The molecule has 124 valence electrons. The first-order valence-corrected chi connectivity index (χ1v) is 7.88. The Labute approximate surface area is 143 Å². The molecule has 0 radical (unpaired) electrons. The lowest BCUT2D eigenvalue weighted by Crippen LogP contribution is -2.33. The number of halogens is 2. The zero-order chi connectivity index (χ0) is 17.0. The van der Waals surface area contributed by atoms with E-state index >= 15 is 0 Å². The van der Waals surface area contributed by atoms with Gasteiger partial charge in [-0.25, -0.2) is 0 Å². The van der Waals surface area contributed by atoms with E-state index in [1.54, 1.807) is 18.2 Å². The van der Waals surface area contributed by atoms with Gasteiger partial charge in [0.2, 0.25) is 11.8 Å². The smallest absolute Gasteiger partial charge is 0.303 e. The first kappa shape index (κ1) is 17.6. The van der Waals surface area contributed by atoms with Gasteiger partial charge in [0.05, 0.1) is 5.92 Å². The van der Waals surface area contributed by atoms with Crippen molar-refractivity contribution >= 4 is 46.7 Å². The van der Waals surface area contributed by atoms with Gasteiger partial charge in [-0.05, 0) is 24.6 Å². The molecule has 1 aromatic rings. The zero-order valence-corrected chi connectivity index (χ0v) is 13.7. The standard InChI is InChI=1S/C15H16Cl2N2O4/c16-10-5-11(17)7-12(6-10)19-8-9(4-13(19)20)15(23)18-3-1-2-14(21)22/h5-7,9H,1-4,8H2,(H,18,23)(H,21,22). The number of hydrogen-bond donors (Lipinski definition) is 2. The number of carbonyl (C=O) groups excluding carboxylic acids is 2. The number of anilines is 1. The molecule has 1 atom stereocenters. The molecule has 1 aromatic carbocycles. The van der Waals surface area contributed by atoms with Gasteiger partial charge in [-0.1, -0.05) is 23.2 Å². The van der Waals surface area contributed by atoms with Crippen LogP contribution in [-0.4, -0.2) is 36.0 Å². The number of rotatable bonds is 6. The Bertz CT molecular complexity index is 616. The van der Waals surface area contributed by atoms with Gasteiger partial charge in [-0.2, -0.15) is 0 Å². The topological polar surface area (TPSA) is 86.7 Å². The van der Waals surface area contributed by atoms with Crippen molar-refractivity contribution in [2.75, 3.05) is 18.0 Å². The summed E-state index contributed by atoms with van der Waals surface area (Å²) in [5.74, 6) is -1.79. The van der Waals surface area contributed by atoms with Crippen molar-refractivity contribution in [3.8, 4) is 0 Å². The van der Waals surface area contributed by atoms with Crippen LogP contribution in [0.25, 0.3) is 0 Å². The maximum Gasteiger partial charge on any atom is 0.303 e. The first-order valence-electron chi connectivity index (χ1n) is 7.13. The van der Waals surface area contributed by atoms with E-state index in [-0.39, 0.29) is 37.7 Å². The predicted molar refractivity (Wildman–Crippen MR) is 86.8 cm³/mol. The molecule has 2 rings (SSSR count). The first-order chi connectivity index (χ1) is 10.9. The number of carboxylic acid groups (broad SMARTS) is 1. The predicted octanol–water partition coefficient (Wildman–Crippen LogP) is 2.33. The number of hydrogen-bond acceptors (Lipinski definition) is 3. The van der Waals surface area contributed by atoms with E-state index in [4.69, 9.17) is 28.3 Å². The van der Waals surface area contributed by atoms with Gasteiger partial charge in [-0.3, -0.25) is 14.4 Å². The molecule has 1 fully saturated rings. The summed E-state index contributed by atoms with van der Waals surface area (Å²) in [5, 5.41) is 12.0. The van der Waals surface area contributed by atoms with Crippen molar-refractivity contribution in [2.45, 2.75) is 19.3 Å². The number of carboxylic acids is 1. The van der Waals surface area contributed by atoms with Crippen LogP contribution in [0.4, 0.5) is 5.69 Å². The number of amides is 2. The van der Waals surface area contributed by atoms with Gasteiger partial charge < -0.3 is 15.3 Å². The van der Waals surface area contributed by atoms with E-state index < -0.39 is 11.9 Å². The third-order valence-electron chi connectivity index (χ3n) is 3.52. The molecular weight excluding hydrogens is 343 g/mol. The van der Waals surface area contributed by atoms with Gasteiger partial charge in [0.25, 0.3) is 0 Å². The lowest BCUT2D eigenvalue weighted by Gasteiger charge is -2.17. The molecule has 1 unspecified atom stereocenters. The fourth-order valence-corrected chi connectivity index (χ4v) is 2.94. The minimum absolute atomic E-state index is 0.00296. The molecule has 0 aliphatic carbocycles. The summed E-state index contributed by atoms with van der Waals surface area (Å²) < 4.78 is 0. The van der Waals surface area contributed by atoms with Gasteiger partial charge in [0.15, 0.2) is 0 Å². The van der Waals surface area contributed by atoms with E-state index in [1.807, 2.05) is 0 Å². The molecule has 6 nitrogen and oxygen atoms in total. The molecule has 1 aliphatic rings. The molecule has 0 saturated carbocycles. The quantitative estimate of drug-likeness (QED) is 0.764. The lowest BCUT2D eigenvalue weighted by molar-refractivity contribution is -0.137. The summed E-state index contributed by atoms with van der Waals surface area (Å²) in [6.45, 7) is 0.527. The third kappa shape index (κ3) is 4.84. The van der Waals surface area contributed by atoms with E-state index in [0.29, 0.717) is 22.2 Å². The Morgan fingerprint density at radius 1 is 1.26 bits per heavy atom. The second kappa shape index (κ2) is 7.66. The fourth-order valence-electron chi connectivity index (χ4n) is 2.42. The second-order valence-electron chi connectivity index (χ2n) is 5.32. The second-order valence-corrected chi connectivity index (χ2v) is 6.19. The maximum atomic E-state index is 12.1. The summed E-state index contributed by atoms with van der Waals surface area (Å²) in [4.78, 5) is 36.1.